The molecule has 1 aliphatic heterocycles. The van der Waals surface area contributed by atoms with Gasteiger partial charge >= 0.3 is 0 Å². The van der Waals surface area contributed by atoms with Crippen molar-refractivity contribution < 1.29 is 8.42 Å². The number of nitrogens with two attached hydrogens (primary N) is 1. The highest BCUT2D eigenvalue weighted by Gasteiger charge is 2.32. The molecule has 1 aromatic carbocycles. The van der Waals surface area contributed by atoms with Crippen molar-refractivity contribution in [3.8, 4) is 0 Å². The molecule has 1 aromatic rings. The molecule has 0 radical (unpaired) electrons. The molecule has 0 saturated carbocycles. The van der Waals surface area contributed by atoms with Gasteiger partial charge < -0.3 is 5.73 Å². The summed E-state index contributed by atoms with van der Waals surface area (Å²) in [6.07, 6.45) is 0.664. The van der Waals surface area contributed by atoms with Crippen LogP contribution in [0.5, 0.6) is 0 Å². The van der Waals surface area contributed by atoms with Crippen molar-refractivity contribution in [2.45, 2.75) is 17.4 Å². The van der Waals surface area contributed by atoms with Gasteiger partial charge in [0.05, 0.1) is 10.0 Å². The van der Waals surface area contributed by atoms with E-state index in [1.54, 1.807) is 12.1 Å². The molecule has 102 valence electrons. The Kier molecular flexibility index (Phi) is 5.29. The lowest BCUT2D eigenvalue weighted by Gasteiger charge is -2.17. The fourth-order valence-corrected chi connectivity index (χ4v) is 4.04. The van der Waals surface area contributed by atoms with Crippen LogP contribution < -0.4 is 5.73 Å². The molecule has 0 aromatic heterocycles. The van der Waals surface area contributed by atoms with E-state index in [4.69, 9.17) is 28.9 Å². The molecule has 0 aliphatic carbocycles. The Morgan fingerprint density at radius 3 is 2.56 bits per heavy atom. The largest absolute Gasteiger partial charge is 0.326 e. The second kappa shape index (κ2) is 5.94. The summed E-state index contributed by atoms with van der Waals surface area (Å²) in [5.41, 5.74) is 5.70. The van der Waals surface area contributed by atoms with E-state index < -0.39 is 10.0 Å². The second-order valence-corrected chi connectivity index (χ2v) is 6.66. The maximum Gasteiger partial charge on any atom is 0.244 e. The smallest absolute Gasteiger partial charge is 0.244 e. The topological polar surface area (TPSA) is 63.4 Å². The summed E-state index contributed by atoms with van der Waals surface area (Å²) in [5, 5.41) is 0.297. The predicted molar refractivity (Wildman–Crippen MR) is 75.1 cm³/mol. The van der Waals surface area contributed by atoms with Crippen LogP contribution in [-0.2, 0) is 10.0 Å². The Morgan fingerprint density at radius 1 is 1.33 bits per heavy atom. The van der Waals surface area contributed by atoms with Crippen molar-refractivity contribution in [2.24, 2.45) is 5.73 Å². The molecular formula is C10H13Cl3N2O2S. The van der Waals surface area contributed by atoms with Gasteiger partial charge in [-0.25, -0.2) is 8.42 Å². The minimum absolute atomic E-state index is 0. The first-order valence-corrected chi connectivity index (χ1v) is 7.32. The molecule has 8 heteroatoms. The minimum atomic E-state index is -3.59. The molecule has 1 atom stereocenters. The van der Waals surface area contributed by atoms with Crippen LogP contribution in [0.25, 0.3) is 0 Å². The number of benzene rings is 1. The second-order valence-electron chi connectivity index (χ2n) is 3.96. The number of sulfonamides is 1. The molecule has 0 bridgehead atoms. The summed E-state index contributed by atoms with van der Waals surface area (Å²) in [5.74, 6) is 0. The minimum Gasteiger partial charge on any atom is -0.326 e. The fourth-order valence-electron chi connectivity index (χ4n) is 1.79. The van der Waals surface area contributed by atoms with E-state index in [-0.39, 0.29) is 33.4 Å². The van der Waals surface area contributed by atoms with Crippen molar-refractivity contribution in [1.82, 2.24) is 4.31 Å². The van der Waals surface area contributed by atoms with E-state index in [2.05, 4.69) is 0 Å². The van der Waals surface area contributed by atoms with Gasteiger partial charge in [-0.05, 0) is 18.6 Å². The zero-order valence-corrected chi connectivity index (χ0v) is 12.5. The van der Waals surface area contributed by atoms with Crippen molar-refractivity contribution in [3.63, 3.8) is 0 Å². The summed E-state index contributed by atoms with van der Waals surface area (Å²) < 4.78 is 25.9. The maximum absolute atomic E-state index is 12.3. The van der Waals surface area contributed by atoms with E-state index >= 15 is 0 Å². The Morgan fingerprint density at radius 2 is 2.00 bits per heavy atom. The summed E-state index contributed by atoms with van der Waals surface area (Å²) in [7, 11) is -3.59. The van der Waals surface area contributed by atoms with Crippen molar-refractivity contribution in [1.29, 1.82) is 0 Å². The van der Waals surface area contributed by atoms with Gasteiger partial charge in [0, 0.05) is 19.1 Å². The quantitative estimate of drug-likeness (QED) is 0.903. The van der Waals surface area contributed by atoms with Gasteiger partial charge in [0.1, 0.15) is 4.90 Å². The summed E-state index contributed by atoms with van der Waals surface area (Å²) in [4.78, 5) is 0.0424. The van der Waals surface area contributed by atoms with Gasteiger partial charge in [0.15, 0.2) is 0 Å². The highest BCUT2D eigenvalue weighted by atomic mass is 35.5. The van der Waals surface area contributed by atoms with Gasteiger partial charge in [-0.2, -0.15) is 4.31 Å². The van der Waals surface area contributed by atoms with E-state index in [1.807, 2.05) is 0 Å². The Labute approximate surface area is 123 Å². The average molecular weight is 332 g/mol. The normalized spacial score (nSPS) is 20.7. The lowest BCUT2D eigenvalue weighted by Crippen LogP contribution is -2.32. The highest BCUT2D eigenvalue weighted by Crippen LogP contribution is 2.31. The van der Waals surface area contributed by atoms with Crippen LogP contribution in [0.4, 0.5) is 0 Å². The van der Waals surface area contributed by atoms with Gasteiger partial charge in [-0.3, -0.25) is 0 Å². The monoisotopic (exact) mass is 330 g/mol. The van der Waals surface area contributed by atoms with Crippen LogP contribution in [0, 0.1) is 0 Å². The number of rotatable bonds is 2. The SMILES string of the molecule is Cl.NC1CCN(S(=O)(=O)c2cccc(Cl)c2Cl)C1. The first-order chi connectivity index (χ1) is 7.93. The van der Waals surface area contributed by atoms with E-state index in [0.717, 1.165) is 0 Å². The molecule has 1 fully saturated rings. The third-order valence-electron chi connectivity index (χ3n) is 2.72. The lowest BCUT2D eigenvalue weighted by molar-refractivity contribution is 0.472. The number of halogens is 3. The molecule has 2 rings (SSSR count). The Bertz CT molecular complexity index is 536. The average Bonchev–Trinajstić information content (AvgIpc) is 2.69. The van der Waals surface area contributed by atoms with E-state index in [0.29, 0.717) is 19.5 Å². The molecule has 1 unspecified atom stereocenters. The maximum atomic E-state index is 12.3. The van der Waals surface area contributed by atoms with Crippen LogP contribution in [0.3, 0.4) is 0 Å². The van der Waals surface area contributed by atoms with E-state index in [1.165, 1.54) is 10.4 Å². The lowest BCUT2D eigenvalue weighted by atomic mass is 10.3. The molecule has 0 amide bonds. The third kappa shape index (κ3) is 2.92. The number of nitrogens with zero attached hydrogens (tertiary/aromatic N) is 1. The Hall–Kier alpha value is -0.0400. The summed E-state index contributed by atoms with van der Waals surface area (Å²) >= 11 is 11.7. The van der Waals surface area contributed by atoms with Gasteiger partial charge in [-0.15, -0.1) is 12.4 Å². The van der Waals surface area contributed by atoms with Gasteiger partial charge in [0.25, 0.3) is 0 Å². The predicted octanol–water partition coefficient (Wildman–Crippen LogP) is 2.14. The van der Waals surface area contributed by atoms with Crippen LogP contribution in [-0.4, -0.2) is 31.9 Å². The van der Waals surface area contributed by atoms with Crippen molar-refractivity contribution in [3.05, 3.63) is 28.2 Å². The van der Waals surface area contributed by atoms with Crippen molar-refractivity contribution >= 4 is 45.6 Å². The fraction of sp³-hybridized carbons (Fsp3) is 0.400. The Balaban J connectivity index is 0.00000162. The molecule has 1 saturated heterocycles. The third-order valence-corrected chi connectivity index (χ3v) is 5.56. The van der Waals surface area contributed by atoms with Crippen LogP contribution in [0.1, 0.15) is 6.42 Å². The molecular weight excluding hydrogens is 319 g/mol. The number of hydrogen-bond acceptors (Lipinski definition) is 3. The zero-order valence-electron chi connectivity index (χ0n) is 9.34. The first kappa shape index (κ1) is 16.0. The standard InChI is InChI=1S/C10H12Cl2N2O2S.ClH/c11-8-2-1-3-9(10(8)12)17(15,16)14-5-4-7(13)6-14;/h1-3,7H,4-6,13H2;1H. The van der Waals surface area contributed by atoms with Crippen molar-refractivity contribution in [2.75, 3.05) is 13.1 Å². The van der Waals surface area contributed by atoms with E-state index in [9.17, 15) is 8.42 Å². The molecule has 4 nitrogen and oxygen atoms in total. The summed E-state index contributed by atoms with van der Waals surface area (Å²) in [6, 6.07) is 4.46. The molecule has 1 heterocycles. The van der Waals surface area contributed by atoms with Crippen LogP contribution >= 0.6 is 35.6 Å². The van der Waals surface area contributed by atoms with Gasteiger partial charge in [0.2, 0.25) is 10.0 Å². The van der Waals surface area contributed by atoms with Crippen LogP contribution in [0.2, 0.25) is 10.0 Å². The molecule has 2 N–H and O–H groups in total. The molecule has 0 spiro atoms. The van der Waals surface area contributed by atoms with Gasteiger partial charge in [-0.1, -0.05) is 29.3 Å². The number of hydrogen-bond donors (Lipinski definition) is 1. The first-order valence-electron chi connectivity index (χ1n) is 5.12. The molecule has 1 aliphatic rings. The highest BCUT2D eigenvalue weighted by molar-refractivity contribution is 7.89. The van der Waals surface area contributed by atoms with Crippen LogP contribution in [0.15, 0.2) is 23.1 Å². The zero-order chi connectivity index (χ0) is 12.6. The summed E-state index contributed by atoms with van der Waals surface area (Å²) in [6.45, 7) is 0.748. The molecule has 18 heavy (non-hydrogen) atoms.